The lowest BCUT2D eigenvalue weighted by Gasteiger charge is -2.19. The highest BCUT2D eigenvalue weighted by atomic mass is 79.9. The van der Waals surface area contributed by atoms with E-state index in [2.05, 4.69) is 35.8 Å². The van der Waals surface area contributed by atoms with Crippen LogP contribution in [0.15, 0.2) is 53.4 Å². The van der Waals surface area contributed by atoms with Gasteiger partial charge in [-0.15, -0.1) is 0 Å². The zero-order chi connectivity index (χ0) is 13.9. The van der Waals surface area contributed by atoms with Gasteiger partial charge in [0, 0.05) is 23.1 Å². The molecule has 0 amide bonds. The Kier molecular flexibility index (Phi) is 3.60. The maximum absolute atomic E-state index is 4.41. The number of rotatable bonds is 3. The van der Waals surface area contributed by atoms with E-state index in [0.717, 1.165) is 26.9 Å². The Morgan fingerprint density at radius 3 is 2.80 bits per heavy atom. The van der Waals surface area contributed by atoms with Gasteiger partial charge in [0.05, 0.1) is 17.8 Å². The molecule has 4 nitrogen and oxygen atoms in total. The Hall–Kier alpha value is -2.01. The van der Waals surface area contributed by atoms with Crippen LogP contribution in [0.25, 0.3) is 10.9 Å². The summed E-state index contributed by atoms with van der Waals surface area (Å²) < 4.78 is 1.02. The molecule has 0 spiro atoms. The number of nitrogens with zero attached hydrogens (tertiary/aromatic N) is 4. The fourth-order valence-corrected chi connectivity index (χ4v) is 2.49. The van der Waals surface area contributed by atoms with Crippen LogP contribution in [-0.4, -0.2) is 22.0 Å². The van der Waals surface area contributed by atoms with Crippen LogP contribution in [0.2, 0.25) is 0 Å². The SMILES string of the molecule is CN(Cc1ccccn1)c1ncnc2ccc(Br)cc12. The number of pyridine rings is 1. The Bertz CT molecular complexity index is 730. The van der Waals surface area contributed by atoms with Gasteiger partial charge in [0.1, 0.15) is 12.1 Å². The Balaban J connectivity index is 1.99. The van der Waals surface area contributed by atoms with Crippen molar-refractivity contribution in [2.24, 2.45) is 0 Å². The van der Waals surface area contributed by atoms with Crippen LogP contribution in [0.1, 0.15) is 5.69 Å². The van der Waals surface area contributed by atoms with Crippen molar-refractivity contribution < 1.29 is 0 Å². The van der Waals surface area contributed by atoms with Gasteiger partial charge in [-0.1, -0.05) is 22.0 Å². The molecule has 2 aromatic heterocycles. The molecule has 0 aliphatic rings. The second-order valence-corrected chi connectivity index (χ2v) is 5.45. The van der Waals surface area contributed by atoms with E-state index in [9.17, 15) is 0 Å². The molecule has 2 heterocycles. The number of aromatic nitrogens is 3. The lowest BCUT2D eigenvalue weighted by Crippen LogP contribution is -2.18. The summed E-state index contributed by atoms with van der Waals surface area (Å²) >= 11 is 3.50. The minimum absolute atomic E-state index is 0.708. The Morgan fingerprint density at radius 1 is 1.10 bits per heavy atom. The van der Waals surface area contributed by atoms with E-state index >= 15 is 0 Å². The average Bonchev–Trinajstić information content (AvgIpc) is 2.47. The van der Waals surface area contributed by atoms with Crippen molar-refractivity contribution in [2.45, 2.75) is 6.54 Å². The predicted octanol–water partition coefficient (Wildman–Crippen LogP) is 3.42. The van der Waals surface area contributed by atoms with Gasteiger partial charge < -0.3 is 4.90 Å². The molecule has 0 bridgehead atoms. The molecule has 0 unspecified atom stereocenters. The number of fused-ring (bicyclic) bond motifs is 1. The van der Waals surface area contributed by atoms with E-state index < -0.39 is 0 Å². The van der Waals surface area contributed by atoms with E-state index in [1.54, 1.807) is 12.5 Å². The molecule has 0 radical (unpaired) electrons. The van der Waals surface area contributed by atoms with Gasteiger partial charge in [0.2, 0.25) is 0 Å². The number of halogens is 1. The highest BCUT2D eigenvalue weighted by Crippen LogP contribution is 2.25. The van der Waals surface area contributed by atoms with Gasteiger partial charge in [-0.2, -0.15) is 0 Å². The van der Waals surface area contributed by atoms with Crippen molar-refractivity contribution in [1.29, 1.82) is 0 Å². The van der Waals surface area contributed by atoms with E-state index in [1.807, 2.05) is 43.4 Å². The number of benzene rings is 1. The maximum atomic E-state index is 4.41. The molecule has 0 atom stereocenters. The first-order valence-corrected chi connectivity index (χ1v) is 7.04. The summed E-state index contributed by atoms with van der Waals surface area (Å²) in [6.45, 7) is 0.708. The van der Waals surface area contributed by atoms with E-state index in [4.69, 9.17) is 0 Å². The molecule has 0 aliphatic heterocycles. The lowest BCUT2D eigenvalue weighted by molar-refractivity contribution is 0.868. The van der Waals surface area contributed by atoms with Crippen molar-refractivity contribution in [2.75, 3.05) is 11.9 Å². The molecule has 1 aromatic carbocycles. The summed E-state index contributed by atoms with van der Waals surface area (Å²) in [4.78, 5) is 15.1. The van der Waals surface area contributed by atoms with Crippen LogP contribution in [0.3, 0.4) is 0 Å². The zero-order valence-corrected chi connectivity index (χ0v) is 12.6. The standard InChI is InChI=1S/C15H13BrN4/c1-20(9-12-4-2-3-7-17-12)15-13-8-11(16)5-6-14(13)18-10-19-15/h2-8,10H,9H2,1H3. The summed E-state index contributed by atoms with van der Waals surface area (Å²) in [5.74, 6) is 0.905. The van der Waals surface area contributed by atoms with Crippen LogP contribution in [0, 0.1) is 0 Å². The van der Waals surface area contributed by atoms with Gasteiger partial charge in [0.25, 0.3) is 0 Å². The summed E-state index contributed by atoms with van der Waals surface area (Å²) in [5.41, 5.74) is 1.95. The molecule has 0 saturated carbocycles. The fourth-order valence-electron chi connectivity index (χ4n) is 2.13. The van der Waals surface area contributed by atoms with Gasteiger partial charge in [-0.25, -0.2) is 9.97 Å². The highest BCUT2D eigenvalue weighted by molar-refractivity contribution is 9.10. The number of anilines is 1. The van der Waals surface area contributed by atoms with Gasteiger partial charge in [-0.05, 0) is 30.3 Å². The molecule has 0 aliphatic carbocycles. The highest BCUT2D eigenvalue weighted by Gasteiger charge is 2.09. The van der Waals surface area contributed by atoms with E-state index in [-0.39, 0.29) is 0 Å². The van der Waals surface area contributed by atoms with Crippen LogP contribution >= 0.6 is 15.9 Å². The third-order valence-electron chi connectivity index (χ3n) is 3.06. The maximum Gasteiger partial charge on any atom is 0.140 e. The molecule has 3 rings (SSSR count). The molecular formula is C15H13BrN4. The first kappa shape index (κ1) is 13.0. The molecule has 0 N–H and O–H groups in total. The largest absolute Gasteiger partial charge is 0.353 e. The van der Waals surface area contributed by atoms with Crippen LogP contribution in [-0.2, 0) is 6.54 Å². The second kappa shape index (κ2) is 5.54. The molecule has 20 heavy (non-hydrogen) atoms. The Morgan fingerprint density at radius 2 is 2.00 bits per heavy atom. The smallest absolute Gasteiger partial charge is 0.140 e. The normalized spacial score (nSPS) is 10.7. The van der Waals surface area contributed by atoms with Crippen molar-refractivity contribution in [3.05, 3.63) is 59.1 Å². The molecule has 0 fully saturated rings. The minimum atomic E-state index is 0.708. The van der Waals surface area contributed by atoms with Crippen molar-refractivity contribution >= 4 is 32.7 Å². The van der Waals surface area contributed by atoms with E-state index in [1.165, 1.54) is 0 Å². The molecule has 3 aromatic rings. The van der Waals surface area contributed by atoms with Crippen LogP contribution in [0.4, 0.5) is 5.82 Å². The van der Waals surface area contributed by atoms with Crippen molar-refractivity contribution in [3.8, 4) is 0 Å². The molecular weight excluding hydrogens is 316 g/mol. The molecule has 0 saturated heterocycles. The summed E-state index contributed by atoms with van der Waals surface area (Å²) in [6, 6.07) is 11.9. The molecule has 100 valence electrons. The zero-order valence-electron chi connectivity index (χ0n) is 11.0. The summed E-state index contributed by atoms with van der Waals surface area (Å²) in [6.07, 6.45) is 3.40. The van der Waals surface area contributed by atoms with Crippen molar-refractivity contribution in [1.82, 2.24) is 15.0 Å². The Labute approximate surface area is 125 Å². The lowest BCUT2D eigenvalue weighted by atomic mass is 10.2. The molecule has 5 heteroatoms. The number of hydrogen-bond acceptors (Lipinski definition) is 4. The van der Waals surface area contributed by atoms with Gasteiger partial charge >= 0.3 is 0 Å². The first-order chi connectivity index (χ1) is 9.74. The van der Waals surface area contributed by atoms with E-state index in [0.29, 0.717) is 6.54 Å². The third-order valence-corrected chi connectivity index (χ3v) is 3.56. The monoisotopic (exact) mass is 328 g/mol. The fraction of sp³-hybridized carbons (Fsp3) is 0.133. The quantitative estimate of drug-likeness (QED) is 0.738. The van der Waals surface area contributed by atoms with Gasteiger partial charge in [-0.3, -0.25) is 4.98 Å². The number of hydrogen-bond donors (Lipinski definition) is 0. The van der Waals surface area contributed by atoms with Crippen LogP contribution < -0.4 is 4.90 Å². The van der Waals surface area contributed by atoms with Crippen molar-refractivity contribution in [3.63, 3.8) is 0 Å². The second-order valence-electron chi connectivity index (χ2n) is 4.54. The predicted molar refractivity (Wildman–Crippen MR) is 83.6 cm³/mol. The average molecular weight is 329 g/mol. The summed E-state index contributed by atoms with van der Waals surface area (Å²) in [5, 5.41) is 1.03. The first-order valence-electron chi connectivity index (χ1n) is 6.25. The summed E-state index contributed by atoms with van der Waals surface area (Å²) in [7, 11) is 2.01. The third kappa shape index (κ3) is 2.63. The topological polar surface area (TPSA) is 41.9 Å². The van der Waals surface area contributed by atoms with Crippen LogP contribution in [0.5, 0.6) is 0 Å². The van der Waals surface area contributed by atoms with Gasteiger partial charge in [0.15, 0.2) is 0 Å². The minimum Gasteiger partial charge on any atom is -0.353 e.